The number of amides is 1. The van der Waals surface area contributed by atoms with Crippen LogP contribution in [0.25, 0.3) is 0 Å². The van der Waals surface area contributed by atoms with E-state index in [1.54, 1.807) is 4.90 Å². The van der Waals surface area contributed by atoms with Crippen molar-refractivity contribution in [3.05, 3.63) is 43.0 Å². The number of amidine groups is 1. The van der Waals surface area contributed by atoms with Crippen LogP contribution in [0, 0.1) is 0 Å². The van der Waals surface area contributed by atoms with Crippen LogP contribution in [-0.4, -0.2) is 50.5 Å². The number of aliphatic imine (C=N–C) groups is 1. The van der Waals surface area contributed by atoms with Crippen LogP contribution in [0.15, 0.2) is 48.0 Å². The van der Waals surface area contributed by atoms with E-state index in [2.05, 4.69) is 23.7 Å². The van der Waals surface area contributed by atoms with E-state index in [4.69, 9.17) is 4.74 Å². The minimum absolute atomic E-state index is 0.193. The van der Waals surface area contributed by atoms with Crippen LogP contribution in [0.1, 0.15) is 27.2 Å². The minimum atomic E-state index is -0.497. The van der Waals surface area contributed by atoms with Crippen LogP contribution in [0.3, 0.4) is 0 Å². The van der Waals surface area contributed by atoms with Gasteiger partial charge in [0, 0.05) is 0 Å². The molecule has 1 aliphatic heterocycles. The Labute approximate surface area is 144 Å². The van der Waals surface area contributed by atoms with Gasteiger partial charge in [0.15, 0.2) is 0 Å². The van der Waals surface area contributed by atoms with E-state index in [0.717, 1.165) is 12.3 Å². The fourth-order valence-electron chi connectivity index (χ4n) is 2.26. The summed E-state index contributed by atoms with van der Waals surface area (Å²) in [6, 6.07) is 10.4. The predicted octanol–water partition coefficient (Wildman–Crippen LogP) is 3.03. The van der Waals surface area contributed by atoms with Gasteiger partial charge in [0.1, 0.15) is 0 Å². The third-order valence-electron chi connectivity index (χ3n) is 3.18. The van der Waals surface area contributed by atoms with E-state index in [9.17, 15) is 4.79 Å². The van der Waals surface area contributed by atoms with Gasteiger partial charge >= 0.3 is 144 Å². The number of ether oxygens (including phenoxy) is 1. The van der Waals surface area contributed by atoms with Crippen molar-refractivity contribution in [1.29, 1.82) is 0 Å². The van der Waals surface area contributed by atoms with Crippen LogP contribution in [-0.2, 0) is 4.74 Å². The van der Waals surface area contributed by atoms with Crippen LogP contribution in [0.5, 0.6) is 0 Å². The normalized spacial score (nSPS) is 16.0. The van der Waals surface area contributed by atoms with Crippen molar-refractivity contribution in [2.75, 3.05) is 13.1 Å². The molecule has 0 aromatic heterocycles. The van der Waals surface area contributed by atoms with Gasteiger partial charge in [0.25, 0.3) is 0 Å². The molecule has 1 aromatic carbocycles. The molecule has 1 heterocycles. The van der Waals surface area contributed by atoms with Crippen molar-refractivity contribution < 1.29 is 9.53 Å². The Hall–Kier alpha value is -1.58. The Bertz CT molecular complexity index is 578. The Balaban J connectivity index is 2.14. The molecule has 1 aromatic rings. The number of nitrogens with zero attached hydrogens (tertiary/aromatic N) is 2. The second kappa shape index (κ2) is 7.80. The molecular formula is C18H24N2O2Se. The summed E-state index contributed by atoms with van der Waals surface area (Å²) >= 11 is 0.193. The Morgan fingerprint density at radius 3 is 2.74 bits per heavy atom. The molecule has 0 saturated carbocycles. The van der Waals surface area contributed by atoms with Gasteiger partial charge in [-0.1, -0.05) is 0 Å². The SMILES string of the molecule is C=CCC([Se]c1ccccc1)C1=NCCN1C(=O)OC(C)(C)C. The first-order chi connectivity index (χ1) is 10.9. The molecule has 0 aliphatic carbocycles. The maximum absolute atomic E-state index is 12.4. The van der Waals surface area contributed by atoms with Gasteiger partial charge in [0.2, 0.25) is 0 Å². The van der Waals surface area contributed by atoms with Crippen LogP contribution in [0.2, 0.25) is 4.82 Å². The summed E-state index contributed by atoms with van der Waals surface area (Å²) in [5.74, 6) is 0.850. The van der Waals surface area contributed by atoms with Gasteiger partial charge in [-0.3, -0.25) is 0 Å². The molecular weight excluding hydrogens is 355 g/mol. The first-order valence-electron chi connectivity index (χ1n) is 7.78. The van der Waals surface area contributed by atoms with Gasteiger partial charge in [-0.05, 0) is 0 Å². The van der Waals surface area contributed by atoms with E-state index in [0.29, 0.717) is 13.1 Å². The Kier molecular flexibility index (Phi) is 6.03. The van der Waals surface area contributed by atoms with Crippen LogP contribution >= 0.6 is 0 Å². The number of benzene rings is 1. The third kappa shape index (κ3) is 5.22. The van der Waals surface area contributed by atoms with Gasteiger partial charge in [-0.2, -0.15) is 0 Å². The van der Waals surface area contributed by atoms with Gasteiger partial charge in [0.05, 0.1) is 0 Å². The summed E-state index contributed by atoms with van der Waals surface area (Å²) in [7, 11) is 0. The van der Waals surface area contributed by atoms with Crippen LogP contribution < -0.4 is 4.46 Å². The number of rotatable bonds is 5. The van der Waals surface area contributed by atoms with Crippen molar-refractivity contribution in [2.45, 2.75) is 37.6 Å². The molecule has 0 spiro atoms. The zero-order chi connectivity index (χ0) is 16.9. The molecule has 1 aliphatic rings. The van der Waals surface area contributed by atoms with E-state index in [-0.39, 0.29) is 25.9 Å². The Morgan fingerprint density at radius 2 is 2.13 bits per heavy atom. The summed E-state index contributed by atoms with van der Waals surface area (Å²) in [6.07, 6.45) is 2.42. The standard InChI is InChI=1S/C18H24N2O2Se/c1-5-9-15(23-14-10-7-6-8-11-14)16-19-12-13-20(16)17(21)22-18(2,3)4/h5-8,10-11,15H,1,9,12-13H2,2-4H3. The molecule has 0 saturated heterocycles. The average Bonchev–Trinajstić information content (AvgIpc) is 2.95. The zero-order valence-electron chi connectivity index (χ0n) is 14.0. The summed E-state index contributed by atoms with van der Waals surface area (Å²) in [5, 5.41) is 0. The summed E-state index contributed by atoms with van der Waals surface area (Å²) in [5.41, 5.74) is -0.497. The number of allylic oxidation sites excluding steroid dienone is 1. The topological polar surface area (TPSA) is 41.9 Å². The van der Waals surface area contributed by atoms with E-state index >= 15 is 0 Å². The average molecular weight is 379 g/mol. The molecule has 0 radical (unpaired) electrons. The summed E-state index contributed by atoms with van der Waals surface area (Å²) in [4.78, 5) is 18.9. The van der Waals surface area contributed by atoms with Crippen molar-refractivity contribution in [2.24, 2.45) is 4.99 Å². The quantitative estimate of drug-likeness (QED) is 0.583. The predicted molar refractivity (Wildman–Crippen MR) is 95.6 cm³/mol. The molecule has 5 heteroatoms. The molecule has 2 rings (SSSR count). The molecule has 1 unspecified atom stereocenters. The summed E-state index contributed by atoms with van der Waals surface area (Å²) in [6.45, 7) is 10.8. The Morgan fingerprint density at radius 1 is 1.43 bits per heavy atom. The van der Waals surface area contributed by atoms with Crippen molar-refractivity contribution in [3.8, 4) is 0 Å². The molecule has 23 heavy (non-hydrogen) atoms. The van der Waals surface area contributed by atoms with Gasteiger partial charge in [-0.25, -0.2) is 0 Å². The first kappa shape index (κ1) is 17.8. The molecule has 1 amide bonds. The molecule has 124 valence electrons. The molecule has 0 N–H and O–H groups in total. The number of hydrogen-bond donors (Lipinski definition) is 0. The van der Waals surface area contributed by atoms with E-state index in [1.807, 2.05) is 45.0 Å². The van der Waals surface area contributed by atoms with E-state index in [1.165, 1.54) is 4.46 Å². The zero-order valence-corrected chi connectivity index (χ0v) is 15.7. The van der Waals surface area contributed by atoms with Crippen molar-refractivity contribution in [1.82, 2.24) is 4.90 Å². The number of carbonyl (C=O) groups excluding carboxylic acids is 1. The van der Waals surface area contributed by atoms with Crippen molar-refractivity contribution >= 4 is 31.3 Å². The van der Waals surface area contributed by atoms with Gasteiger partial charge < -0.3 is 0 Å². The second-order valence-corrected chi connectivity index (χ2v) is 8.99. The molecule has 0 fully saturated rings. The fraction of sp³-hybridized carbons (Fsp3) is 0.444. The first-order valence-corrected chi connectivity index (χ1v) is 9.63. The molecule has 1 atom stereocenters. The van der Waals surface area contributed by atoms with Crippen LogP contribution in [0.4, 0.5) is 4.79 Å². The van der Waals surface area contributed by atoms with E-state index < -0.39 is 5.60 Å². The molecule has 0 bridgehead atoms. The van der Waals surface area contributed by atoms with Crippen molar-refractivity contribution in [3.63, 3.8) is 0 Å². The third-order valence-corrected chi connectivity index (χ3v) is 5.76. The molecule has 4 nitrogen and oxygen atoms in total. The second-order valence-electron chi connectivity index (χ2n) is 6.32. The number of hydrogen-bond acceptors (Lipinski definition) is 3. The fourth-order valence-corrected chi connectivity index (χ4v) is 4.74. The van der Waals surface area contributed by atoms with Gasteiger partial charge in [-0.15, -0.1) is 0 Å². The summed E-state index contributed by atoms with van der Waals surface area (Å²) < 4.78 is 6.81. The maximum atomic E-state index is 12.4. The monoisotopic (exact) mass is 380 g/mol. The number of carbonyl (C=O) groups is 1.